The van der Waals surface area contributed by atoms with Crippen LogP contribution in [0.2, 0.25) is 0 Å². The Labute approximate surface area is 287 Å². The fraction of sp³-hybridized carbons (Fsp3) is 0. The van der Waals surface area contributed by atoms with Gasteiger partial charge in [-0.3, -0.25) is 0 Å². The van der Waals surface area contributed by atoms with Gasteiger partial charge in [0.05, 0.1) is 48.0 Å². The van der Waals surface area contributed by atoms with Crippen molar-refractivity contribution < 1.29 is 37.0 Å². The zero-order valence-electron chi connectivity index (χ0n) is 48.4. The van der Waals surface area contributed by atoms with E-state index in [2.05, 4.69) is 0 Å². The van der Waals surface area contributed by atoms with E-state index in [4.69, 9.17) is 26.0 Å². The molecule has 0 radical (unpaired) electrons. The lowest BCUT2D eigenvalue weighted by molar-refractivity contribution is 1.18. The molecule has 43 heavy (non-hydrogen) atoms. The van der Waals surface area contributed by atoms with Crippen LogP contribution in [0.5, 0.6) is 0 Å². The van der Waals surface area contributed by atoms with E-state index in [-0.39, 0.29) is 0 Å². The van der Waals surface area contributed by atoms with Gasteiger partial charge in [-0.05, 0) is 90.8 Å². The molecule has 0 spiro atoms. The summed E-state index contributed by atoms with van der Waals surface area (Å²) in [5, 5.41) is -3.96. The van der Waals surface area contributed by atoms with Crippen molar-refractivity contribution in [1.82, 2.24) is 4.57 Å². The molecular formula is C42H27N. The number of nitrogens with zero attached hydrogens (tertiary/aromatic N) is 1. The van der Waals surface area contributed by atoms with Crippen molar-refractivity contribution in [2.45, 2.75) is 0 Å². The number of fused-ring (bicyclic) bond motifs is 9. The van der Waals surface area contributed by atoms with Gasteiger partial charge in [-0.15, -0.1) is 0 Å². The third kappa shape index (κ3) is 3.72. The molecule has 1 heterocycles. The van der Waals surface area contributed by atoms with Crippen molar-refractivity contribution in [2.75, 3.05) is 0 Å². The fourth-order valence-electron chi connectivity index (χ4n) is 5.06. The second kappa shape index (κ2) is 9.44. The normalized spacial score (nSPS) is 20.5. The molecule has 0 saturated carbocycles. The van der Waals surface area contributed by atoms with E-state index in [9.17, 15) is 11.0 Å². The zero-order chi connectivity index (χ0) is 51.8. The summed E-state index contributed by atoms with van der Waals surface area (Å²) in [6.07, 6.45) is 0. The van der Waals surface area contributed by atoms with Crippen LogP contribution in [0.25, 0.3) is 82.1 Å². The van der Waals surface area contributed by atoms with E-state index in [1.54, 1.807) is 0 Å². The SMILES string of the molecule is [2H]c1c([2H])c(-c2c([2H])c([2H])c(-n3c4c([2H])c([2H])c([2H])c([2H])c4c4c([2H])c([2H])c([2H])c([2H])c43)c([2H])c2[2H])c([2H])c(-c2c([2H])c([2H])c3c4c([2H])c([2H])c([2H])c([2H])c4c4c([2H])c([2H])c([2H])c([2H])c4c3c2[2H])c1[2H]. The van der Waals surface area contributed by atoms with E-state index in [1.165, 1.54) is 0 Å². The Morgan fingerprint density at radius 2 is 0.721 bits per heavy atom. The first kappa shape index (κ1) is 9.42. The number of hydrogen-bond acceptors (Lipinski definition) is 0. The van der Waals surface area contributed by atoms with Crippen LogP contribution >= 0.6 is 0 Å². The summed E-state index contributed by atoms with van der Waals surface area (Å²) >= 11 is 0. The largest absolute Gasteiger partial charge is 0.309 e. The lowest BCUT2D eigenvalue weighted by atomic mass is 9.91. The van der Waals surface area contributed by atoms with E-state index >= 15 is 0 Å². The molecule has 1 heteroatoms. The van der Waals surface area contributed by atoms with E-state index in [0.29, 0.717) is 0 Å². The summed E-state index contributed by atoms with van der Waals surface area (Å²) in [5.74, 6) is 0. The molecule has 0 fully saturated rings. The molecule has 0 amide bonds. The summed E-state index contributed by atoms with van der Waals surface area (Å²) in [6, 6.07) is -24.1. The van der Waals surface area contributed by atoms with Crippen molar-refractivity contribution in [3.8, 4) is 27.9 Å². The lowest BCUT2D eigenvalue weighted by Gasteiger charge is -2.13. The van der Waals surface area contributed by atoms with Crippen molar-refractivity contribution in [3.05, 3.63) is 163 Å². The molecule has 0 saturated heterocycles. The average molecular weight is 573 g/mol. The molecule has 9 aromatic rings. The monoisotopic (exact) mass is 572 g/mol. The Morgan fingerprint density at radius 3 is 1.30 bits per heavy atom. The van der Waals surface area contributed by atoms with Gasteiger partial charge in [0.2, 0.25) is 0 Å². The van der Waals surface area contributed by atoms with Gasteiger partial charge >= 0.3 is 0 Å². The Kier molecular flexibility index (Phi) is 2.07. The molecule has 9 rings (SSSR count). The minimum absolute atomic E-state index is 0.441. The molecule has 1 aromatic heterocycles. The van der Waals surface area contributed by atoms with Gasteiger partial charge in [-0.1, -0.05) is 127 Å². The van der Waals surface area contributed by atoms with Gasteiger partial charge in [-0.2, -0.15) is 0 Å². The maximum absolute atomic E-state index is 9.62. The van der Waals surface area contributed by atoms with Gasteiger partial charge < -0.3 is 4.57 Å². The highest BCUT2D eigenvalue weighted by molar-refractivity contribution is 6.25. The summed E-state index contributed by atoms with van der Waals surface area (Å²) in [6.45, 7) is 0. The molecule has 0 N–H and O–H groups in total. The number of aromatic nitrogens is 1. The number of rotatable bonds is 3. The fourth-order valence-corrected chi connectivity index (χ4v) is 5.06. The van der Waals surface area contributed by atoms with Crippen LogP contribution in [0, 0.1) is 0 Å². The van der Waals surface area contributed by atoms with Gasteiger partial charge in [-0.25, -0.2) is 0 Å². The van der Waals surface area contributed by atoms with Gasteiger partial charge in [0.15, 0.2) is 0 Å². The van der Waals surface area contributed by atoms with Crippen LogP contribution in [-0.4, -0.2) is 4.57 Å². The van der Waals surface area contributed by atoms with Gasteiger partial charge in [0, 0.05) is 16.5 Å². The molecule has 200 valence electrons. The highest BCUT2D eigenvalue weighted by Gasteiger charge is 2.13. The zero-order valence-corrected chi connectivity index (χ0v) is 21.4. The highest BCUT2D eigenvalue weighted by Crippen LogP contribution is 2.38. The van der Waals surface area contributed by atoms with Crippen molar-refractivity contribution in [2.24, 2.45) is 0 Å². The highest BCUT2D eigenvalue weighted by atomic mass is 15.0. The summed E-state index contributed by atoms with van der Waals surface area (Å²) in [4.78, 5) is 0. The number of benzene rings is 8. The summed E-state index contributed by atoms with van der Waals surface area (Å²) in [5.41, 5.74) is -5.33. The molecular weight excluding hydrogens is 518 g/mol. The van der Waals surface area contributed by atoms with Crippen molar-refractivity contribution >= 4 is 54.1 Å². The second-order valence-electron chi connectivity index (χ2n) is 9.26. The minimum Gasteiger partial charge on any atom is -0.309 e. The first-order valence-corrected chi connectivity index (χ1v) is 12.7. The molecule has 0 unspecified atom stereocenters. The van der Waals surface area contributed by atoms with Crippen LogP contribution in [-0.2, 0) is 0 Å². The predicted octanol–water partition coefficient (Wildman–Crippen LogP) is 11.6. The molecule has 0 bridgehead atoms. The van der Waals surface area contributed by atoms with E-state index in [0.717, 1.165) is 4.57 Å². The van der Waals surface area contributed by atoms with Crippen molar-refractivity contribution in [1.29, 1.82) is 0 Å². The van der Waals surface area contributed by atoms with Crippen molar-refractivity contribution in [3.63, 3.8) is 0 Å². The average Bonchev–Trinajstić information content (AvgIpc) is 3.68. The molecule has 1 nitrogen and oxygen atoms in total. The van der Waals surface area contributed by atoms with Crippen LogP contribution in [0.3, 0.4) is 0 Å². The Morgan fingerprint density at radius 1 is 0.302 bits per heavy atom. The number of hydrogen-bond donors (Lipinski definition) is 0. The Balaban J connectivity index is 1.44. The molecule has 0 aliphatic carbocycles. The molecule has 8 aromatic carbocycles. The minimum atomic E-state index is -1.07. The quantitative estimate of drug-likeness (QED) is 0.186. The van der Waals surface area contributed by atoms with Gasteiger partial charge in [0.25, 0.3) is 0 Å². The van der Waals surface area contributed by atoms with Crippen LogP contribution in [0.1, 0.15) is 37.0 Å². The standard InChI is InChI=1S/C42H27N/c1-2-14-35-33(12-1)34-13-3-4-15-36(34)40-27-31(22-25-37(35)40)30-11-9-10-29(26-30)28-20-23-32(24-21-28)43-41-18-7-5-16-38(41)39-17-6-8-19-42(39)43/h1-27H/i1D,2D,3D,4D,5D,6D,7D,8D,9D,10D,11D,12D,13D,14D,15D,16D,17D,18D,19D,20D,21D,22D,23D,24D,25D,26D,27D. The summed E-state index contributed by atoms with van der Waals surface area (Å²) in [7, 11) is 0. The van der Waals surface area contributed by atoms with Crippen LogP contribution in [0.4, 0.5) is 0 Å². The Bertz CT molecular complexity index is 3870. The van der Waals surface area contributed by atoms with Crippen LogP contribution < -0.4 is 0 Å². The number of para-hydroxylation sites is 2. The van der Waals surface area contributed by atoms with E-state index in [1.807, 2.05) is 0 Å². The Hall–Kier alpha value is -5.66. The maximum Gasteiger partial charge on any atom is 0.0645 e. The lowest BCUT2D eigenvalue weighted by Crippen LogP contribution is -1.93. The first-order chi connectivity index (χ1) is 32.6. The predicted molar refractivity (Wildman–Crippen MR) is 184 cm³/mol. The second-order valence-corrected chi connectivity index (χ2v) is 9.26. The first-order valence-electron chi connectivity index (χ1n) is 26.2. The van der Waals surface area contributed by atoms with E-state index < -0.39 is 245 Å². The smallest absolute Gasteiger partial charge is 0.0645 e. The van der Waals surface area contributed by atoms with Gasteiger partial charge in [0.1, 0.15) is 0 Å². The molecule has 0 atom stereocenters. The topological polar surface area (TPSA) is 4.93 Å². The third-order valence-electron chi connectivity index (χ3n) is 6.93. The molecule has 0 aliphatic rings. The summed E-state index contributed by atoms with van der Waals surface area (Å²) < 4.78 is 240. The maximum atomic E-state index is 9.62. The molecule has 0 aliphatic heterocycles. The van der Waals surface area contributed by atoms with Crippen LogP contribution in [0.15, 0.2) is 163 Å². The third-order valence-corrected chi connectivity index (χ3v) is 6.93.